The molecular formula is C14H15NO4. The average Bonchev–Trinajstić information content (AvgIpc) is 2.37. The molecule has 0 bridgehead atoms. The first-order valence-electron chi connectivity index (χ1n) is 5.92. The molecule has 5 nitrogen and oxygen atoms in total. The number of carboxylic acids is 1. The number of carbonyl (C=O) groups is 1. The number of rotatable bonds is 4. The van der Waals surface area contributed by atoms with Crippen LogP contribution >= 0.6 is 0 Å². The minimum atomic E-state index is -0.877. The van der Waals surface area contributed by atoms with Crippen molar-refractivity contribution in [1.82, 2.24) is 4.57 Å². The highest BCUT2D eigenvalue weighted by Crippen LogP contribution is 2.25. The van der Waals surface area contributed by atoms with Crippen LogP contribution in [0.15, 0.2) is 29.2 Å². The molecule has 0 atom stereocenters. The number of aryl methyl sites for hydroxylation is 2. The highest BCUT2D eigenvalue weighted by molar-refractivity contribution is 5.85. The van der Waals surface area contributed by atoms with Gasteiger partial charge in [0.1, 0.15) is 5.75 Å². The maximum absolute atomic E-state index is 11.9. The number of fused-ring (bicyclic) bond motifs is 1. The van der Waals surface area contributed by atoms with E-state index in [-0.39, 0.29) is 11.8 Å². The SMILES string of the molecule is COc1cc(C)cc2c(=O)ccn(CCC(=O)O)c12. The number of ether oxygens (including phenoxy) is 1. The molecule has 5 heteroatoms. The van der Waals surface area contributed by atoms with E-state index >= 15 is 0 Å². The third-order valence-electron chi connectivity index (χ3n) is 2.96. The molecule has 1 heterocycles. The lowest BCUT2D eigenvalue weighted by Gasteiger charge is -2.13. The number of methoxy groups -OCH3 is 1. The van der Waals surface area contributed by atoms with Crippen molar-refractivity contribution in [3.8, 4) is 5.75 Å². The second kappa shape index (κ2) is 5.14. The van der Waals surface area contributed by atoms with Crippen molar-refractivity contribution in [2.24, 2.45) is 0 Å². The monoisotopic (exact) mass is 261 g/mol. The molecule has 100 valence electrons. The predicted octanol–water partition coefficient (Wildman–Crippen LogP) is 1.79. The Bertz CT molecular complexity index is 688. The zero-order valence-electron chi connectivity index (χ0n) is 10.8. The van der Waals surface area contributed by atoms with Crippen molar-refractivity contribution in [2.75, 3.05) is 7.11 Å². The van der Waals surface area contributed by atoms with Crippen LogP contribution in [0.5, 0.6) is 5.75 Å². The van der Waals surface area contributed by atoms with Crippen LogP contribution in [0.4, 0.5) is 0 Å². The second-order valence-corrected chi connectivity index (χ2v) is 4.38. The predicted molar refractivity (Wildman–Crippen MR) is 71.7 cm³/mol. The van der Waals surface area contributed by atoms with Gasteiger partial charge < -0.3 is 14.4 Å². The number of benzene rings is 1. The summed E-state index contributed by atoms with van der Waals surface area (Å²) in [5, 5.41) is 9.31. The van der Waals surface area contributed by atoms with Gasteiger partial charge in [-0.1, -0.05) is 0 Å². The van der Waals surface area contributed by atoms with E-state index in [0.717, 1.165) is 5.56 Å². The topological polar surface area (TPSA) is 68.5 Å². The highest BCUT2D eigenvalue weighted by atomic mass is 16.5. The van der Waals surface area contributed by atoms with Gasteiger partial charge in [-0.2, -0.15) is 0 Å². The van der Waals surface area contributed by atoms with Crippen molar-refractivity contribution >= 4 is 16.9 Å². The summed E-state index contributed by atoms with van der Waals surface area (Å²) in [4.78, 5) is 22.6. The molecule has 0 radical (unpaired) electrons. The molecule has 1 aromatic heterocycles. The van der Waals surface area contributed by atoms with Crippen LogP contribution in [0.3, 0.4) is 0 Å². The molecule has 0 unspecified atom stereocenters. The summed E-state index contributed by atoms with van der Waals surface area (Å²) in [5.41, 5.74) is 1.47. The first-order chi connectivity index (χ1) is 9.02. The molecular weight excluding hydrogens is 246 g/mol. The lowest BCUT2D eigenvalue weighted by Crippen LogP contribution is -2.11. The summed E-state index contributed by atoms with van der Waals surface area (Å²) in [6.45, 7) is 2.18. The molecule has 0 aliphatic carbocycles. The fourth-order valence-corrected chi connectivity index (χ4v) is 2.11. The highest BCUT2D eigenvalue weighted by Gasteiger charge is 2.10. The summed E-state index contributed by atoms with van der Waals surface area (Å²) in [5.74, 6) is -0.295. The van der Waals surface area contributed by atoms with Crippen LogP contribution in [0.25, 0.3) is 10.9 Å². The third-order valence-corrected chi connectivity index (χ3v) is 2.96. The van der Waals surface area contributed by atoms with Crippen molar-refractivity contribution in [2.45, 2.75) is 19.9 Å². The fraction of sp³-hybridized carbons (Fsp3) is 0.286. The molecule has 0 aliphatic rings. The lowest BCUT2D eigenvalue weighted by atomic mass is 10.1. The van der Waals surface area contributed by atoms with E-state index in [4.69, 9.17) is 9.84 Å². The van der Waals surface area contributed by atoms with Gasteiger partial charge in [-0.15, -0.1) is 0 Å². The van der Waals surface area contributed by atoms with E-state index in [1.54, 1.807) is 16.8 Å². The number of pyridine rings is 1. The van der Waals surface area contributed by atoms with E-state index in [0.29, 0.717) is 23.2 Å². The quantitative estimate of drug-likeness (QED) is 0.911. The average molecular weight is 261 g/mol. The molecule has 0 fully saturated rings. The normalized spacial score (nSPS) is 10.6. The largest absolute Gasteiger partial charge is 0.495 e. The third kappa shape index (κ3) is 2.59. The van der Waals surface area contributed by atoms with Gasteiger partial charge in [0.2, 0.25) is 0 Å². The van der Waals surface area contributed by atoms with Crippen molar-refractivity contribution in [1.29, 1.82) is 0 Å². The molecule has 0 saturated heterocycles. The number of hydrogen-bond acceptors (Lipinski definition) is 3. The van der Waals surface area contributed by atoms with Gasteiger partial charge in [0, 0.05) is 24.2 Å². The minimum Gasteiger partial charge on any atom is -0.495 e. The summed E-state index contributed by atoms with van der Waals surface area (Å²) in [6.07, 6.45) is 1.60. The molecule has 2 rings (SSSR count). The summed E-state index contributed by atoms with van der Waals surface area (Å²) >= 11 is 0. The number of nitrogens with zero attached hydrogens (tertiary/aromatic N) is 1. The number of aromatic nitrogens is 1. The Morgan fingerprint density at radius 1 is 1.42 bits per heavy atom. The summed E-state index contributed by atoms with van der Waals surface area (Å²) < 4.78 is 7.04. The van der Waals surface area contributed by atoms with E-state index in [9.17, 15) is 9.59 Å². The summed E-state index contributed by atoms with van der Waals surface area (Å²) in [6, 6.07) is 5.07. The first-order valence-corrected chi connectivity index (χ1v) is 5.92. The van der Waals surface area contributed by atoms with Crippen LogP contribution in [-0.4, -0.2) is 22.8 Å². The fourth-order valence-electron chi connectivity index (χ4n) is 2.11. The minimum absolute atomic E-state index is 0.00496. The molecule has 19 heavy (non-hydrogen) atoms. The van der Waals surface area contributed by atoms with Gasteiger partial charge in [-0.05, 0) is 24.6 Å². The van der Waals surface area contributed by atoms with Crippen molar-refractivity contribution < 1.29 is 14.6 Å². The van der Waals surface area contributed by atoms with Crippen molar-refractivity contribution in [3.63, 3.8) is 0 Å². The van der Waals surface area contributed by atoms with E-state index in [2.05, 4.69) is 0 Å². The Morgan fingerprint density at radius 2 is 2.16 bits per heavy atom. The molecule has 0 amide bonds. The van der Waals surface area contributed by atoms with Crippen molar-refractivity contribution in [3.05, 3.63) is 40.2 Å². The van der Waals surface area contributed by atoms with Crippen LogP contribution in [0, 0.1) is 6.92 Å². The van der Waals surface area contributed by atoms with Gasteiger partial charge in [0.25, 0.3) is 0 Å². The first kappa shape index (κ1) is 13.1. The molecule has 0 saturated carbocycles. The Labute approximate surface area is 110 Å². The van der Waals surface area contributed by atoms with Gasteiger partial charge >= 0.3 is 5.97 Å². The van der Waals surface area contributed by atoms with Gasteiger partial charge in [-0.25, -0.2) is 0 Å². The Kier molecular flexibility index (Phi) is 3.55. The Balaban J connectivity index is 2.68. The number of aliphatic carboxylic acids is 1. The van der Waals surface area contributed by atoms with Crippen LogP contribution in [0.2, 0.25) is 0 Å². The second-order valence-electron chi connectivity index (χ2n) is 4.38. The maximum Gasteiger partial charge on any atom is 0.305 e. The Morgan fingerprint density at radius 3 is 2.79 bits per heavy atom. The van der Waals surface area contributed by atoms with Gasteiger partial charge in [0.05, 0.1) is 19.0 Å². The summed E-state index contributed by atoms with van der Waals surface area (Å²) in [7, 11) is 1.53. The van der Waals surface area contributed by atoms with E-state index in [1.807, 2.05) is 13.0 Å². The van der Waals surface area contributed by atoms with E-state index < -0.39 is 5.97 Å². The zero-order chi connectivity index (χ0) is 14.0. The Hall–Kier alpha value is -2.30. The lowest BCUT2D eigenvalue weighted by molar-refractivity contribution is -0.137. The number of carboxylic acid groups (broad SMARTS) is 1. The molecule has 0 aliphatic heterocycles. The van der Waals surface area contributed by atoms with Crippen LogP contribution < -0.4 is 10.2 Å². The van der Waals surface area contributed by atoms with Crippen LogP contribution in [0.1, 0.15) is 12.0 Å². The molecule has 1 N–H and O–H groups in total. The van der Waals surface area contributed by atoms with E-state index in [1.165, 1.54) is 13.2 Å². The molecule has 2 aromatic rings. The van der Waals surface area contributed by atoms with Gasteiger partial charge in [0.15, 0.2) is 5.43 Å². The standard InChI is InChI=1S/C14H15NO4/c1-9-7-10-11(16)3-5-15(6-4-13(17)18)14(10)12(8-9)19-2/h3,5,7-8H,4,6H2,1-2H3,(H,17,18). The zero-order valence-corrected chi connectivity index (χ0v) is 10.8. The van der Waals surface area contributed by atoms with Gasteiger partial charge in [-0.3, -0.25) is 9.59 Å². The maximum atomic E-state index is 11.9. The molecule has 1 aromatic carbocycles. The smallest absolute Gasteiger partial charge is 0.305 e. The number of hydrogen-bond donors (Lipinski definition) is 1. The molecule has 0 spiro atoms. The van der Waals surface area contributed by atoms with Crippen LogP contribution in [-0.2, 0) is 11.3 Å².